The number of nitrogens with zero attached hydrogens (tertiary/aromatic N) is 1. The van der Waals surface area contributed by atoms with E-state index in [0.717, 1.165) is 6.54 Å². The summed E-state index contributed by atoms with van der Waals surface area (Å²) in [6.45, 7) is 1.38. The Labute approximate surface area is 134 Å². The number of likely N-dealkylation sites (N-methyl/N-ethyl adjacent to an activating group) is 2. The lowest BCUT2D eigenvalue weighted by Crippen LogP contribution is -2.32. The predicted octanol–water partition coefficient (Wildman–Crippen LogP) is 2.18. The molecule has 0 aliphatic carbocycles. The molecule has 20 heavy (non-hydrogen) atoms. The fourth-order valence-corrected chi connectivity index (χ4v) is 2.15. The zero-order valence-corrected chi connectivity index (χ0v) is 14.4. The molecular formula is C13H20BrClN2O3. The molecule has 0 aromatic heterocycles. The Morgan fingerprint density at radius 1 is 1.30 bits per heavy atom. The van der Waals surface area contributed by atoms with Crippen molar-refractivity contribution in [2.24, 2.45) is 0 Å². The van der Waals surface area contributed by atoms with E-state index in [2.05, 4.69) is 21.2 Å². The SMILES string of the molecule is CNCCN(C)C(=O)c1cc(OC)c(Br)c(OC)c1.Cl. The fourth-order valence-electron chi connectivity index (χ4n) is 1.59. The van der Waals surface area contributed by atoms with Gasteiger partial charge >= 0.3 is 0 Å². The van der Waals surface area contributed by atoms with Gasteiger partial charge in [0.2, 0.25) is 0 Å². The summed E-state index contributed by atoms with van der Waals surface area (Å²) >= 11 is 3.38. The van der Waals surface area contributed by atoms with Gasteiger partial charge in [0.05, 0.1) is 14.2 Å². The first-order chi connectivity index (χ1) is 9.04. The van der Waals surface area contributed by atoms with Gasteiger partial charge in [-0.25, -0.2) is 0 Å². The number of halogens is 2. The van der Waals surface area contributed by atoms with Gasteiger partial charge < -0.3 is 19.7 Å². The molecule has 0 bridgehead atoms. The lowest BCUT2D eigenvalue weighted by Gasteiger charge is -2.18. The Balaban J connectivity index is 0.00000361. The van der Waals surface area contributed by atoms with Crippen LogP contribution in [0.5, 0.6) is 11.5 Å². The summed E-state index contributed by atoms with van der Waals surface area (Å²) in [5, 5.41) is 3.01. The third-order valence-corrected chi connectivity index (χ3v) is 3.52. The second-order valence-electron chi connectivity index (χ2n) is 4.03. The molecule has 1 amide bonds. The summed E-state index contributed by atoms with van der Waals surface area (Å²) in [6.07, 6.45) is 0. The Morgan fingerprint density at radius 3 is 2.20 bits per heavy atom. The van der Waals surface area contributed by atoms with Crippen molar-refractivity contribution in [3.05, 3.63) is 22.2 Å². The number of benzene rings is 1. The fraction of sp³-hybridized carbons (Fsp3) is 0.462. The quantitative estimate of drug-likeness (QED) is 0.837. The van der Waals surface area contributed by atoms with Crippen molar-refractivity contribution in [1.29, 1.82) is 0 Å². The van der Waals surface area contributed by atoms with Gasteiger partial charge in [0.25, 0.3) is 5.91 Å². The molecular weight excluding hydrogens is 348 g/mol. The van der Waals surface area contributed by atoms with Crippen LogP contribution in [0.1, 0.15) is 10.4 Å². The molecule has 0 radical (unpaired) electrons. The first-order valence-electron chi connectivity index (χ1n) is 5.86. The number of ether oxygens (including phenoxy) is 2. The van der Waals surface area contributed by atoms with Crippen LogP contribution in [0.2, 0.25) is 0 Å². The van der Waals surface area contributed by atoms with E-state index in [0.29, 0.717) is 28.1 Å². The number of nitrogens with one attached hydrogen (secondary N) is 1. The van der Waals surface area contributed by atoms with E-state index in [1.165, 1.54) is 0 Å². The molecule has 0 saturated carbocycles. The van der Waals surface area contributed by atoms with Crippen molar-refractivity contribution in [2.45, 2.75) is 0 Å². The van der Waals surface area contributed by atoms with Crippen LogP contribution in [-0.2, 0) is 0 Å². The first kappa shape index (κ1) is 19.0. The van der Waals surface area contributed by atoms with Gasteiger partial charge in [-0.1, -0.05) is 0 Å². The maximum Gasteiger partial charge on any atom is 0.253 e. The molecule has 5 nitrogen and oxygen atoms in total. The molecule has 7 heteroatoms. The van der Waals surface area contributed by atoms with E-state index < -0.39 is 0 Å². The van der Waals surface area contributed by atoms with Gasteiger partial charge in [-0.15, -0.1) is 12.4 Å². The van der Waals surface area contributed by atoms with Gasteiger partial charge in [-0.3, -0.25) is 4.79 Å². The Kier molecular flexibility index (Phi) is 8.60. The highest BCUT2D eigenvalue weighted by atomic mass is 79.9. The third kappa shape index (κ3) is 4.54. The summed E-state index contributed by atoms with van der Waals surface area (Å²) in [5.41, 5.74) is 0.538. The van der Waals surface area contributed by atoms with Crippen LogP contribution in [-0.4, -0.2) is 52.2 Å². The monoisotopic (exact) mass is 366 g/mol. The number of hydrogen-bond donors (Lipinski definition) is 1. The van der Waals surface area contributed by atoms with Gasteiger partial charge in [0, 0.05) is 25.7 Å². The van der Waals surface area contributed by atoms with Crippen LogP contribution in [0, 0.1) is 0 Å². The zero-order chi connectivity index (χ0) is 14.4. The third-order valence-electron chi connectivity index (χ3n) is 2.74. The topological polar surface area (TPSA) is 50.8 Å². The number of hydrogen-bond acceptors (Lipinski definition) is 4. The summed E-state index contributed by atoms with van der Waals surface area (Å²) < 4.78 is 11.2. The molecule has 0 atom stereocenters. The highest BCUT2D eigenvalue weighted by molar-refractivity contribution is 9.10. The van der Waals surface area contributed by atoms with Crippen molar-refractivity contribution >= 4 is 34.2 Å². The number of carbonyl (C=O) groups excluding carboxylic acids is 1. The van der Waals surface area contributed by atoms with E-state index in [1.807, 2.05) is 7.05 Å². The summed E-state index contributed by atoms with van der Waals surface area (Å²) in [5.74, 6) is 1.08. The zero-order valence-electron chi connectivity index (χ0n) is 12.0. The van der Waals surface area contributed by atoms with Crippen LogP contribution in [0.25, 0.3) is 0 Å². The van der Waals surface area contributed by atoms with Crippen LogP contribution < -0.4 is 14.8 Å². The minimum absolute atomic E-state index is 0. The molecule has 1 aromatic rings. The summed E-state index contributed by atoms with van der Waals surface area (Å²) in [6, 6.07) is 3.40. The van der Waals surface area contributed by atoms with Crippen molar-refractivity contribution in [3.8, 4) is 11.5 Å². The van der Waals surface area contributed by atoms with Crippen molar-refractivity contribution in [1.82, 2.24) is 10.2 Å². The molecule has 0 aliphatic heterocycles. The molecule has 0 aliphatic rings. The predicted molar refractivity (Wildman–Crippen MR) is 85.4 cm³/mol. The lowest BCUT2D eigenvalue weighted by molar-refractivity contribution is 0.0796. The van der Waals surface area contributed by atoms with Crippen LogP contribution in [0.4, 0.5) is 0 Å². The van der Waals surface area contributed by atoms with E-state index in [-0.39, 0.29) is 18.3 Å². The molecule has 0 unspecified atom stereocenters. The Morgan fingerprint density at radius 2 is 1.80 bits per heavy atom. The normalized spacial score (nSPS) is 9.65. The van der Waals surface area contributed by atoms with Gasteiger partial charge in [0.15, 0.2) is 0 Å². The summed E-state index contributed by atoms with van der Waals surface area (Å²) in [7, 11) is 6.72. The van der Waals surface area contributed by atoms with E-state index in [9.17, 15) is 4.79 Å². The maximum atomic E-state index is 12.3. The van der Waals surface area contributed by atoms with E-state index in [1.54, 1.807) is 38.3 Å². The molecule has 0 heterocycles. The van der Waals surface area contributed by atoms with Crippen molar-refractivity contribution in [2.75, 3.05) is 41.4 Å². The second kappa shape index (κ2) is 9.05. The Hall–Kier alpha value is -0.980. The molecule has 1 aromatic carbocycles. The molecule has 114 valence electrons. The van der Waals surface area contributed by atoms with E-state index in [4.69, 9.17) is 9.47 Å². The van der Waals surface area contributed by atoms with Crippen molar-refractivity contribution < 1.29 is 14.3 Å². The lowest BCUT2D eigenvalue weighted by atomic mass is 10.1. The smallest absolute Gasteiger partial charge is 0.253 e. The maximum absolute atomic E-state index is 12.3. The van der Waals surface area contributed by atoms with Gasteiger partial charge in [-0.05, 0) is 35.1 Å². The van der Waals surface area contributed by atoms with Crippen LogP contribution >= 0.6 is 28.3 Å². The first-order valence-corrected chi connectivity index (χ1v) is 6.66. The molecule has 0 saturated heterocycles. The number of rotatable bonds is 6. The highest BCUT2D eigenvalue weighted by Gasteiger charge is 2.17. The second-order valence-corrected chi connectivity index (χ2v) is 4.82. The van der Waals surface area contributed by atoms with Crippen LogP contribution in [0.15, 0.2) is 16.6 Å². The number of amides is 1. The minimum Gasteiger partial charge on any atom is -0.495 e. The van der Waals surface area contributed by atoms with Crippen LogP contribution in [0.3, 0.4) is 0 Å². The molecule has 0 spiro atoms. The molecule has 0 fully saturated rings. The highest BCUT2D eigenvalue weighted by Crippen LogP contribution is 2.35. The standard InChI is InChI=1S/C13H19BrN2O3.ClH/c1-15-5-6-16(2)13(17)9-7-10(18-3)12(14)11(8-9)19-4;/h7-8,15H,5-6H2,1-4H3;1H. The molecule has 1 rings (SSSR count). The molecule has 1 N–H and O–H groups in total. The average molecular weight is 368 g/mol. The largest absolute Gasteiger partial charge is 0.495 e. The number of methoxy groups -OCH3 is 2. The van der Waals surface area contributed by atoms with E-state index >= 15 is 0 Å². The average Bonchev–Trinajstić information content (AvgIpc) is 2.44. The minimum atomic E-state index is -0.0700. The van der Waals surface area contributed by atoms with Gasteiger partial charge in [-0.2, -0.15) is 0 Å². The van der Waals surface area contributed by atoms with Crippen molar-refractivity contribution in [3.63, 3.8) is 0 Å². The number of carbonyl (C=O) groups is 1. The van der Waals surface area contributed by atoms with Gasteiger partial charge in [0.1, 0.15) is 16.0 Å². The summed E-state index contributed by atoms with van der Waals surface area (Å²) in [4.78, 5) is 13.9. The Bertz CT molecular complexity index is 432.